The van der Waals surface area contributed by atoms with Gasteiger partial charge in [-0.25, -0.2) is 4.79 Å². The number of thiophene rings is 2. The molecule has 6 rings (SSSR count). The number of rotatable bonds is 10. The molecule has 1 aromatic carbocycles. The Bertz CT molecular complexity index is 1140. The highest BCUT2D eigenvalue weighted by Gasteiger charge is 2.47. The summed E-state index contributed by atoms with van der Waals surface area (Å²) in [5, 5.41) is 2.12. The van der Waals surface area contributed by atoms with Crippen LogP contribution in [0.4, 0.5) is 4.79 Å². The largest absolute Gasteiger partial charge is 1.00 e. The second-order valence-corrected chi connectivity index (χ2v) is 12.9. The maximum atomic E-state index is 13.6. The highest BCUT2D eigenvalue weighted by molar-refractivity contribution is 7.12. The van der Waals surface area contributed by atoms with Crippen molar-refractivity contribution in [2.75, 3.05) is 26.2 Å². The summed E-state index contributed by atoms with van der Waals surface area (Å²) in [5.41, 5.74) is 2.67. The van der Waals surface area contributed by atoms with E-state index in [2.05, 4.69) is 67.8 Å². The molecule has 3 aromatic rings. The molecule has 7 heteroatoms. The van der Waals surface area contributed by atoms with Crippen molar-refractivity contribution < 1.29 is 31.0 Å². The molecule has 1 atom stereocenters. The van der Waals surface area contributed by atoms with Gasteiger partial charge in [0, 0.05) is 39.8 Å². The Hall–Kier alpha value is -1.67. The number of fused-ring (bicyclic) bond motifs is 3. The molecule has 0 unspecified atom stereocenters. The Morgan fingerprint density at radius 1 is 1.05 bits per heavy atom. The summed E-state index contributed by atoms with van der Waals surface area (Å²) in [6.45, 7) is 10.2. The van der Waals surface area contributed by atoms with Gasteiger partial charge in [-0.1, -0.05) is 37.3 Å². The minimum absolute atomic E-state index is 0. The van der Waals surface area contributed by atoms with Crippen LogP contribution < -0.4 is 17.0 Å². The average Bonchev–Trinajstić information content (AvgIpc) is 3.53. The van der Waals surface area contributed by atoms with Gasteiger partial charge in [-0.3, -0.25) is 4.90 Å². The Labute approximate surface area is 240 Å². The molecule has 4 nitrogen and oxygen atoms in total. The van der Waals surface area contributed by atoms with Crippen LogP contribution in [0.25, 0.3) is 0 Å². The minimum Gasteiger partial charge on any atom is -1.00 e. The van der Waals surface area contributed by atoms with Crippen molar-refractivity contribution in [2.45, 2.75) is 65.1 Å². The first kappa shape index (κ1) is 28.3. The van der Waals surface area contributed by atoms with Crippen LogP contribution in [0.2, 0.25) is 0 Å². The van der Waals surface area contributed by atoms with Crippen molar-refractivity contribution in [2.24, 2.45) is 5.92 Å². The van der Waals surface area contributed by atoms with E-state index in [0.29, 0.717) is 19.0 Å². The zero-order valence-electron chi connectivity index (χ0n) is 22.0. The normalized spacial score (nSPS) is 22.4. The average molecular weight is 604 g/mol. The summed E-state index contributed by atoms with van der Waals surface area (Å²) in [5.74, 6) is 0.516. The SMILES string of the molecule is CCc1ccc(CN(Cc2sccc2C)C(=O)O[C@H]2C[N+]3(CCCc4ccccc4)CCC2CC3)s1.[Br-]. The highest BCUT2D eigenvalue weighted by atomic mass is 79.9. The first-order valence-corrected chi connectivity index (χ1v) is 15.2. The Balaban J connectivity index is 0.00000320. The van der Waals surface area contributed by atoms with Crippen LogP contribution in [-0.2, 0) is 30.7 Å². The molecular weight excluding hydrogens is 564 g/mol. The Kier molecular flexibility index (Phi) is 9.90. The zero-order valence-corrected chi connectivity index (χ0v) is 25.3. The molecule has 3 saturated heterocycles. The van der Waals surface area contributed by atoms with Crippen LogP contribution in [0.1, 0.15) is 51.9 Å². The molecule has 3 aliphatic rings. The van der Waals surface area contributed by atoms with Crippen LogP contribution in [0, 0.1) is 12.8 Å². The highest BCUT2D eigenvalue weighted by Crippen LogP contribution is 2.36. The number of piperidine rings is 3. The number of aryl methyl sites for hydroxylation is 3. The molecule has 5 heterocycles. The lowest BCUT2D eigenvalue weighted by Crippen LogP contribution is -3.00. The van der Waals surface area contributed by atoms with Crippen LogP contribution in [0.15, 0.2) is 53.9 Å². The summed E-state index contributed by atoms with van der Waals surface area (Å²) in [7, 11) is 0. The summed E-state index contributed by atoms with van der Waals surface area (Å²) in [6, 6.07) is 17.3. The second kappa shape index (κ2) is 12.9. The van der Waals surface area contributed by atoms with Crippen molar-refractivity contribution in [1.82, 2.24) is 4.90 Å². The summed E-state index contributed by atoms with van der Waals surface area (Å²) in [4.78, 5) is 19.4. The van der Waals surface area contributed by atoms with E-state index in [0.717, 1.165) is 23.9 Å². The van der Waals surface area contributed by atoms with E-state index < -0.39 is 0 Å². The molecule has 2 bridgehead atoms. The van der Waals surface area contributed by atoms with Crippen LogP contribution >= 0.6 is 22.7 Å². The third-order valence-electron chi connectivity index (χ3n) is 8.21. The maximum Gasteiger partial charge on any atom is 0.410 e. The molecule has 1 amide bonds. The van der Waals surface area contributed by atoms with Crippen molar-refractivity contribution in [3.63, 3.8) is 0 Å². The lowest BCUT2D eigenvalue weighted by molar-refractivity contribution is -0.946. The molecule has 0 aliphatic carbocycles. The van der Waals surface area contributed by atoms with Gasteiger partial charge in [0.05, 0.1) is 32.7 Å². The predicted molar refractivity (Wildman–Crippen MR) is 149 cm³/mol. The molecule has 37 heavy (non-hydrogen) atoms. The molecule has 0 spiro atoms. The van der Waals surface area contributed by atoms with Gasteiger partial charge in [0.15, 0.2) is 6.10 Å². The second-order valence-electron chi connectivity index (χ2n) is 10.6. The standard InChI is InChI=1S/C30H39N2O2S2.BrH/c1-3-26-11-12-27(36-26)20-31(21-29-23(2)15-19-35-29)30(33)34-28-22-32(17-13-25(28)14-18-32)16-7-10-24-8-5-4-6-9-24;/h4-6,8-9,11-12,15,19,25,28H,3,7,10,13-14,16-18,20-22H2,1-2H3;1H/q+1;/p-1/t25?,28-,32?;/m0./s1. The molecule has 3 fully saturated rings. The van der Waals surface area contributed by atoms with Crippen molar-refractivity contribution in [3.8, 4) is 0 Å². The van der Waals surface area contributed by atoms with Crippen molar-refractivity contribution >= 4 is 28.8 Å². The lowest BCUT2D eigenvalue weighted by Gasteiger charge is -2.52. The lowest BCUT2D eigenvalue weighted by atomic mass is 9.83. The van der Waals surface area contributed by atoms with E-state index >= 15 is 0 Å². The monoisotopic (exact) mass is 602 g/mol. The fourth-order valence-electron chi connectivity index (χ4n) is 5.95. The number of quaternary nitrogens is 1. The van der Waals surface area contributed by atoms with E-state index in [1.807, 2.05) is 16.2 Å². The van der Waals surface area contributed by atoms with Gasteiger partial charge < -0.3 is 26.2 Å². The van der Waals surface area contributed by atoms with Crippen LogP contribution in [0.3, 0.4) is 0 Å². The number of hydrogen-bond acceptors (Lipinski definition) is 4. The van der Waals surface area contributed by atoms with Crippen molar-refractivity contribution in [1.29, 1.82) is 0 Å². The third-order valence-corrected chi connectivity index (χ3v) is 10.4. The first-order chi connectivity index (χ1) is 17.5. The third kappa shape index (κ3) is 7.05. The number of carbonyl (C=O) groups is 1. The van der Waals surface area contributed by atoms with E-state index in [-0.39, 0.29) is 29.2 Å². The first-order valence-electron chi connectivity index (χ1n) is 13.5. The van der Waals surface area contributed by atoms with Gasteiger partial charge in [0.25, 0.3) is 0 Å². The fourth-order valence-corrected chi connectivity index (χ4v) is 7.84. The summed E-state index contributed by atoms with van der Waals surface area (Å²) >= 11 is 3.54. The van der Waals surface area contributed by atoms with Crippen LogP contribution in [0.5, 0.6) is 0 Å². The smallest absolute Gasteiger partial charge is 0.410 e. The van der Waals surface area contributed by atoms with Crippen LogP contribution in [-0.4, -0.2) is 47.8 Å². The van der Waals surface area contributed by atoms with Gasteiger partial charge in [0.1, 0.15) is 6.54 Å². The molecule has 3 aliphatic heterocycles. The molecule has 0 radical (unpaired) electrons. The number of nitrogens with zero attached hydrogens (tertiary/aromatic N) is 2. The molecule has 0 saturated carbocycles. The summed E-state index contributed by atoms with van der Waals surface area (Å²) in [6.07, 6.45) is 5.61. The van der Waals surface area contributed by atoms with Gasteiger partial charge in [-0.05, 0) is 54.5 Å². The topological polar surface area (TPSA) is 29.5 Å². The molecule has 200 valence electrons. The molecule has 2 aromatic heterocycles. The molecule has 0 N–H and O–H groups in total. The van der Waals surface area contributed by atoms with Gasteiger partial charge in [-0.15, -0.1) is 22.7 Å². The fraction of sp³-hybridized carbons (Fsp3) is 0.500. The summed E-state index contributed by atoms with van der Waals surface area (Å²) < 4.78 is 7.47. The zero-order chi connectivity index (χ0) is 25.0. The Morgan fingerprint density at radius 2 is 1.81 bits per heavy atom. The van der Waals surface area contributed by atoms with E-state index in [1.165, 1.54) is 64.7 Å². The number of carbonyl (C=O) groups excluding carboxylic acids is 1. The number of hydrogen-bond donors (Lipinski definition) is 0. The predicted octanol–water partition coefficient (Wildman–Crippen LogP) is 4.07. The maximum absolute atomic E-state index is 13.6. The molecular formula is C30H39BrN2O2S2. The van der Waals surface area contributed by atoms with Gasteiger partial charge in [-0.2, -0.15) is 0 Å². The quantitative estimate of drug-likeness (QED) is 0.327. The Morgan fingerprint density at radius 3 is 2.49 bits per heavy atom. The van der Waals surface area contributed by atoms with Gasteiger partial charge >= 0.3 is 6.09 Å². The number of amides is 1. The number of halogens is 1. The van der Waals surface area contributed by atoms with E-state index in [9.17, 15) is 4.79 Å². The number of benzene rings is 1. The van der Waals surface area contributed by atoms with Gasteiger partial charge in [0.2, 0.25) is 0 Å². The van der Waals surface area contributed by atoms with E-state index in [1.54, 1.807) is 11.3 Å². The van der Waals surface area contributed by atoms with E-state index in [4.69, 9.17) is 4.74 Å². The minimum atomic E-state index is -0.143. The van der Waals surface area contributed by atoms with Crippen molar-refractivity contribution in [3.05, 3.63) is 79.7 Å². The number of ether oxygens (including phenoxy) is 1.